The summed E-state index contributed by atoms with van der Waals surface area (Å²) in [5.41, 5.74) is 1.34. The number of hydrogen-bond acceptors (Lipinski definition) is 2. The second-order valence-electron chi connectivity index (χ2n) is 4.81. The van der Waals surface area contributed by atoms with E-state index < -0.39 is 11.6 Å². The van der Waals surface area contributed by atoms with Crippen molar-refractivity contribution in [3.63, 3.8) is 0 Å². The van der Waals surface area contributed by atoms with Crippen molar-refractivity contribution in [1.82, 2.24) is 5.32 Å². The van der Waals surface area contributed by atoms with Crippen LogP contribution in [0.3, 0.4) is 0 Å². The van der Waals surface area contributed by atoms with Crippen LogP contribution in [0.15, 0.2) is 47.4 Å². The highest BCUT2D eigenvalue weighted by Crippen LogP contribution is 2.36. The van der Waals surface area contributed by atoms with Crippen molar-refractivity contribution in [2.75, 3.05) is 5.75 Å². The summed E-state index contributed by atoms with van der Waals surface area (Å²) in [6.07, 6.45) is 0.970. The minimum atomic E-state index is -0.490. The second-order valence-corrected chi connectivity index (χ2v) is 5.95. The van der Waals surface area contributed by atoms with Gasteiger partial charge in [0.2, 0.25) is 0 Å². The lowest BCUT2D eigenvalue weighted by molar-refractivity contribution is 0.478. The topological polar surface area (TPSA) is 12.0 Å². The Kier molecular flexibility index (Phi) is 4.03. The molecule has 2 aromatic rings. The molecule has 4 heteroatoms. The van der Waals surface area contributed by atoms with Gasteiger partial charge in [-0.1, -0.05) is 24.3 Å². The van der Waals surface area contributed by atoms with Crippen molar-refractivity contribution in [3.8, 4) is 0 Å². The quantitative estimate of drug-likeness (QED) is 0.905. The molecule has 3 rings (SSSR count). The van der Waals surface area contributed by atoms with Gasteiger partial charge in [-0.3, -0.25) is 0 Å². The smallest absolute Gasteiger partial charge is 0.130 e. The molecule has 0 radical (unpaired) electrons. The van der Waals surface area contributed by atoms with E-state index in [0.29, 0.717) is 0 Å². The first-order valence-corrected chi connectivity index (χ1v) is 7.62. The van der Waals surface area contributed by atoms with E-state index >= 15 is 0 Å². The number of halogens is 2. The Morgan fingerprint density at radius 2 is 1.80 bits per heavy atom. The van der Waals surface area contributed by atoms with Crippen LogP contribution in [0.2, 0.25) is 0 Å². The van der Waals surface area contributed by atoms with Crippen LogP contribution in [0.5, 0.6) is 0 Å². The van der Waals surface area contributed by atoms with Gasteiger partial charge in [-0.15, -0.1) is 11.8 Å². The van der Waals surface area contributed by atoms with Gasteiger partial charge in [-0.2, -0.15) is 0 Å². The fourth-order valence-electron chi connectivity index (χ4n) is 2.48. The lowest BCUT2D eigenvalue weighted by atomic mass is 10.0. The van der Waals surface area contributed by atoms with Crippen LogP contribution >= 0.6 is 11.8 Å². The summed E-state index contributed by atoms with van der Waals surface area (Å²) in [6.45, 7) is 0.210. The molecular formula is C16H15F2NS. The normalized spacial score (nSPS) is 17.8. The molecule has 1 unspecified atom stereocenters. The molecule has 0 bridgehead atoms. The number of nitrogens with one attached hydrogen (secondary N) is 1. The van der Waals surface area contributed by atoms with E-state index in [1.807, 2.05) is 23.9 Å². The Balaban J connectivity index is 1.77. The highest BCUT2D eigenvalue weighted by molar-refractivity contribution is 7.99. The third kappa shape index (κ3) is 2.72. The molecule has 0 spiro atoms. The average molecular weight is 291 g/mol. The Morgan fingerprint density at radius 3 is 2.60 bits per heavy atom. The van der Waals surface area contributed by atoms with Gasteiger partial charge in [0.25, 0.3) is 0 Å². The molecule has 1 aliphatic heterocycles. The minimum Gasteiger partial charge on any atom is -0.306 e. The van der Waals surface area contributed by atoms with Gasteiger partial charge < -0.3 is 5.32 Å². The lowest BCUT2D eigenvalue weighted by Gasteiger charge is -2.26. The molecule has 1 N–H and O–H groups in total. The minimum absolute atomic E-state index is 0.114. The summed E-state index contributed by atoms with van der Waals surface area (Å²) in [4.78, 5) is 1.25. The summed E-state index contributed by atoms with van der Waals surface area (Å²) < 4.78 is 27.2. The number of benzene rings is 2. The van der Waals surface area contributed by atoms with Gasteiger partial charge >= 0.3 is 0 Å². The van der Waals surface area contributed by atoms with Gasteiger partial charge in [0, 0.05) is 23.0 Å². The van der Waals surface area contributed by atoms with E-state index in [4.69, 9.17) is 0 Å². The van der Waals surface area contributed by atoms with E-state index in [1.54, 1.807) is 0 Å². The highest BCUT2D eigenvalue weighted by atomic mass is 32.2. The maximum absolute atomic E-state index is 13.6. The first-order chi connectivity index (χ1) is 9.75. The fraction of sp³-hybridized carbons (Fsp3) is 0.250. The Bertz CT molecular complexity index is 595. The zero-order valence-corrected chi connectivity index (χ0v) is 11.7. The van der Waals surface area contributed by atoms with E-state index in [9.17, 15) is 8.78 Å². The van der Waals surface area contributed by atoms with Crippen molar-refractivity contribution in [1.29, 1.82) is 0 Å². The largest absolute Gasteiger partial charge is 0.306 e. The van der Waals surface area contributed by atoms with Gasteiger partial charge in [-0.05, 0) is 35.9 Å². The zero-order valence-electron chi connectivity index (χ0n) is 10.9. The molecule has 20 heavy (non-hydrogen) atoms. The Hall–Kier alpha value is -1.39. The van der Waals surface area contributed by atoms with Gasteiger partial charge in [0.1, 0.15) is 11.6 Å². The average Bonchev–Trinajstić information content (AvgIpc) is 2.47. The molecule has 0 aliphatic carbocycles. The third-order valence-corrected chi connectivity index (χ3v) is 4.67. The molecule has 0 aromatic heterocycles. The van der Waals surface area contributed by atoms with Crippen LogP contribution in [0.4, 0.5) is 8.78 Å². The van der Waals surface area contributed by atoms with E-state index in [1.165, 1.54) is 28.7 Å². The zero-order chi connectivity index (χ0) is 13.9. The Morgan fingerprint density at radius 1 is 1.05 bits per heavy atom. The predicted molar refractivity (Wildman–Crippen MR) is 77.7 cm³/mol. The lowest BCUT2D eigenvalue weighted by Crippen LogP contribution is -2.25. The number of thioether (sulfide) groups is 1. The van der Waals surface area contributed by atoms with E-state index in [-0.39, 0.29) is 18.2 Å². The molecule has 0 fully saturated rings. The van der Waals surface area contributed by atoms with Crippen molar-refractivity contribution in [3.05, 3.63) is 65.2 Å². The third-order valence-electron chi connectivity index (χ3n) is 3.55. The fourth-order valence-corrected chi connectivity index (χ4v) is 3.61. The van der Waals surface area contributed by atoms with Crippen molar-refractivity contribution >= 4 is 11.8 Å². The van der Waals surface area contributed by atoms with Crippen molar-refractivity contribution in [2.45, 2.75) is 23.9 Å². The van der Waals surface area contributed by atoms with Crippen molar-refractivity contribution in [2.24, 2.45) is 0 Å². The SMILES string of the molecule is Fc1cccc(F)c1CNC1CCSc2ccccc21. The summed E-state index contributed by atoms with van der Waals surface area (Å²) in [7, 11) is 0. The van der Waals surface area contributed by atoms with Crippen molar-refractivity contribution < 1.29 is 8.78 Å². The van der Waals surface area contributed by atoms with Crippen LogP contribution in [0.1, 0.15) is 23.6 Å². The van der Waals surface area contributed by atoms with Gasteiger partial charge in [0.15, 0.2) is 0 Å². The molecule has 0 saturated heterocycles. The number of hydrogen-bond donors (Lipinski definition) is 1. The van der Waals surface area contributed by atoms with Crippen LogP contribution in [0.25, 0.3) is 0 Å². The maximum atomic E-state index is 13.6. The van der Waals surface area contributed by atoms with Gasteiger partial charge in [0.05, 0.1) is 0 Å². The molecule has 0 amide bonds. The van der Waals surface area contributed by atoms with Crippen LogP contribution in [-0.2, 0) is 6.54 Å². The monoisotopic (exact) mass is 291 g/mol. The molecule has 1 atom stereocenters. The standard InChI is InChI=1S/C16H15F2NS/c17-13-5-3-6-14(18)12(13)10-19-15-8-9-20-16-7-2-1-4-11(15)16/h1-7,15,19H,8-10H2. The molecule has 2 aromatic carbocycles. The summed E-state index contributed by atoms with van der Waals surface area (Å²) in [5.74, 6) is 0.0426. The van der Waals surface area contributed by atoms with E-state index in [0.717, 1.165) is 12.2 Å². The molecular weight excluding hydrogens is 276 g/mol. The molecule has 104 valence electrons. The molecule has 1 aliphatic rings. The number of fused-ring (bicyclic) bond motifs is 1. The molecule has 1 heterocycles. The van der Waals surface area contributed by atoms with Crippen LogP contribution < -0.4 is 5.32 Å². The molecule has 1 nitrogen and oxygen atoms in total. The van der Waals surface area contributed by atoms with Crippen LogP contribution in [-0.4, -0.2) is 5.75 Å². The number of rotatable bonds is 3. The summed E-state index contributed by atoms with van der Waals surface area (Å²) in [5, 5.41) is 3.28. The summed E-state index contributed by atoms with van der Waals surface area (Å²) >= 11 is 1.83. The summed E-state index contributed by atoms with van der Waals surface area (Å²) in [6, 6.07) is 12.3. The van der Waals surface area contributed by atoms with Crippen LogP contribution in [0, 0.1) is 11.6 Å². The maximum Gasteiger partial charge on any atom is 0.130 e. The first-order valence-electron chi connectivity index (χ1n) is 6.63. The Labute approximate surface area is 121 Å². The molecule has 0 saturated carbocycles. The first kappa shape index (κ1) is 13.6. The second kappa shape index (κ2) is 5.94. The highest BCUT2D eigenvalue weighted by Gasteiger charge is 2.20. The van der Waals surface area contributed by atoms with Gasteiger partial charge in [-0.25, -0.2) is 8.78 Å². The predicted octanol–water partition coefficient (Wildman–Crippen LogP) is 4.29. The van der Waals surface area contributed by atoms with E-state index in [2.05, 4.69) is 17.4 Å².